The lowest BCUT2D eigenvalue weighted by atomic mass is 9.83. The van der Waals surface area contributed by atoms with Gasteiger partial charge in [-0.1, -0.05) is 0 Å². The number of rotatable bonds is 15. The van der Waals surface area contributed by atoms with Crippen LogP contribution in [0.4, 0.5) is 0 Å². The van der Waals surface area contributed by atoms with Gasteiger partial charge in [-0.2, -0.15) is 0 Å². The van der Waals surface area contributed by atoms with Gasteiger partial charge < -0.3 is 98.2 Å². The lowest BCUT2D eigenvalue weighted by Gasteiger charge is -2.45. The molecule has 2 amide bonds. The fraction of sp³-hybridized carbons (Fsp3) is 0.885. The summed E-state index contributed by atoms with van der Waals surface area (Å²) in [5.74, 6) is -2.81. The Bertz CT molecular complexity index is 1050. The molecular weight excluding hydrogens is 636 g/mol. The summed E-state index contributed by atoms with van der Waals surface area (Å²) in [6.07, 6.45) is -17.0. The zero-order chi connectivity index (χ0) is 35.2. The molecule has 0 aromatic carbocycles. The maximum Gasteiger partial charge on any atom is 0.249 e. The molecule has 21 nitrogen and oxygen atoms in total. The molecule has 47 heavy (non-hydrogen) atoms. The number of carbonyl (C=O) groups is 3. The van der Waals surface area contributed by atoms with Gasteiger partial charge in [0.1, 0.15) is 79.7 Å². The molecule has 21 N–H and O–H groups in total. The molecule has 16 atom stereocenters. The zero-order valence-electron chi connectivity index (χ0n) is 25.9. The summed E-state index contributed by atoms with van der Waals surface area (Å²) in [5, 5.41) is 88.6. The molecule has 0 aromatic rings. The van der Waals surface area contributed by atoms with E-state index in [1.807, 2.05) is 0 Å². The van der Waals surface area contributed by atoms with E-state index in [1.165, 1.54) is 0 Å². The van der Waals surface area contributed by atoms with Crippen molar-refractivity contribution < 1.29 is 97.1 Å². The van der Waals surface area contributed by atoms with E-state index in [0.29, 0.717) is 0 Å². The van der Waals surface area contributed by atoms with Crippen LogP contribution < -0.4 is 38.7 Å². The summed E-state index contributed by atoms with van der Waals surface area (Å²) in [7, 11) is 0. The van der Waals surface area contributed by atoms with Crippen molar-refractivity contribution >= 4 is 17.8 Å². The van der Waals surface area contributed by atoms with Crippen LogP contribution in [0.15, 0.2) is 0 Å². The molecule has 0 bridgehead atoms. The molecule has 0 radical (unpaired) electrons. The van der Waals surface area contributed by atoms with Crippen LogP contribution in [0.1, 0.15) is 25.7 Å². The first-order valence-corrected chi connectivity index (χ1v) is 15.5. The van der Waals surface area contributed by atoms with Crippen molar-refractivity contribution in [3.63, 3.8) is 0 Å². The van der Waals surface area contributed by atoms with Crippen molar-refractivity contribution in [1.29, 1.82) is 0 Å². The molecule has 272 valence electrons. The number of amides is 2. The third-order valence-electron chi connectivity index (χ3n) is 8.71. The van der Waals surface area contributed by atoms with Crippen LogP contribution in [0.5, 0.6) is 0 Å². The molecule has 2 saturated heterocycles. The maximum atomic E-state index is 12.9. The van der Waals surface area contributed by atoms with Crippen LogP contribution in [0, 0.1) is 0 Å². The van der Waals surface area contributed by atoms with Crippen LogP contribution in [0.2, 0.25) is 0 Å². The van der Waals surface area contributed by atoms with Crippen molar-refractivity contribution in [3.8, 4) is 0 Å². The molecule has 3 aliphatic rings. The van der Waals surface area contributed by atoms with E-state index in [2.05, 4.69) is 33.6 Å². The van der Waals surface area contributed by atoms with Crippen molar-refractivity contribution in [3.05, 3.63) is 0 Å². The first-order valence-electron chi connectivity index (χ1n) is 15.5. The fourth-order valence-corrected chi connectivity index (χ4v) is 5.70. The summed E-state index contributed by atoms with van der Waals surface area (Å²) in [6, 6.07) is -3.96. The molecule has 1 aliphatic carbocycles. The normalized spacial score (nSPS) is 40.4. The Hall–Kier alpha value is -2.19. The number of aliphatic hydroxyl groups is 7. The first-order chi connectivity index (χ1) is 22.1. The third kappa shape index (κ3) is 9.71. The number of carbonyl (C=O) groups excluding carboxylic acids is 3. The summed E-state index contributed by atoms with van der Waals surface area (Å²) in [4.78, 5) is 35.5. The highest BCUT2D eigenvalue weighted by Crippen LogP contribution is 2.32. The molecule has 21 heteroatoms. The minimum absolute atomic E-state index is 0.0278. The number of carboxylic acid groups (broad SMARTS) is 1. The standard InChI is InChI=1S/C26H48N6O15/c27-6-12-17(37)19(39)15(30)25(44-12)46-21-9(29)5-10(16(36)22(21)47-26-20(40)18(38)13(7-33)45-26)32-23(41)11(34)3-4-31-14(35)2-1-8(28)24(42)43/h8-13,15-22,25-26,33-34,36-40H,1-7,27-30H2,(H,31,35)(H,32,41)(H,42,43)/p+3/t8-,9-,10+,11-,12+,13+,15+,16-,17+,18+,19+,20+,21+,22+,25+,26-/m0/s1. The molecule has 3 rings (SSSR count). The summed E-state index contributed by atoms with van der Waals surface area (Å²) >= 11 is 0. The van der Waals surface area contributed by atoms with E-state index < -0.39 is 122 Å². The van der Waals surface area contributed by atoms with E-state index in [4.69, 9.17) is 18.9 Å². The molecule has 3 fully saturated rings. The van der Waals surface area contributed by atoms with Crippen LogP contribution in [-0.2, 0) is 33.3 Å². The van der Waals surface area contributed by atoms with Crippen molar-refractivity contribution in [2.75, 3.05) is 19.7 Å². The highest BCUT2D eigenvalue weighted by Gasteiger charge is 2.55. The van der Waals surface area contributed by atoms with E-state index in [9.17, 15) is 55.2 Å². The van der Waals surface area contributed by atoms with E-state index in [0.717, 1.165) is 0 Å². The minimum atomic E-state index is -1.64. The van der Waals surface area contributed by atoms with Crippen LogP contribution in [0.3, 0.4) is 0 Å². The van der Waals surface area contributed by atoms with Crippen molar-refractivity contribution in [2.45, 2.75) is 123 Å². The minimum Gasteiger partial charge on any atom is -0.544 e. The predicted octanol–water partition coefficient (Wildman–Crippen LogP) is -12.6. The number of carboxylic acids is 1. The number of quaternary nitrogens is 4. The molecule has 0 spiro atoms. The SMILES string of the molecule is [NH3+]C[C@H]1O[C@H](O[C@H]2[C@H](O[C@@H]3O[C@H](CO)[C@@H](O)[C@H]3O)[C@@H](O)[C@H](NC(=O)[C@@H](O)CCNC(=O)CC[C@H]([NH3+])C(=O)[O-])C[C@@H]2[NH3+])[C@H]([NH3+])[C@@H](O)[C@@H]1O. The second-order valence-corrected chi connectivity index (χ2v) is 12.2. The maximum absolute atomic E-state index is 12.9. The Morgan fingerprint density at radius 3 is 2.11 bits per heavy atom. The smallest absolute Gasteiger partial charge is 0.249 e. The number of hydrogen-bond acceptors (Lipinski definition) is 15. The summed E-state index contributed by atoms with van der Waals surface area (Å²) in [6.45, 7) is -0.698. The zero-order valence-corrected chi connectivity index (χ0v) is 25.9. The lowest BCUT2D eigenvalue weighted by Crippen LogP contribution is -2.82. The second kappa shape index (κ2) is 17.5. The Kier molecular flexibility index (Phi) is 14.6. The molecule has 1 saturated carbocycles. The van der Waals surface area contributed by atoms with Gasteiger partial charge in [-0.3, -0.25) is 9.59 Å². The van der Waals surface area contributed by atoms with E-state index in [-0.39, 0.29) is 38.8 Å². The van der Waals surface area contributed by atoms with Gasteiger partial charge in [-0.15, -0.1) is 0 Å². The van der Waals surface area contributed by atoms with Gasteiger partial charge in [0.05, 0.1) is 18.6 Å². The quantitative estimate of drug-likeness (QED) is 0.0760. The number of nitrogens with one attached hydrogen (secondary N) is 2. The second-order valence-electron chi connectivity index (χ2n) is 12.2. The van der Waals surface area contributed by atoms with Gasteiger partial charge in [-0.25, -0.2) is 0 Å². The van der Waals surface area contributed by atoms with Crippen LogP contribution in [0.25, 0.3) is 0 Å². The average molecular weight is 688 g/mol. The highest BCUT2D eigenvalue weighted by molar-refractivity contribution is 5.81. The summed E-state index contributed by atoms with van der Waals surface area (Å²) < 4.78 is 23.2. The number of ether oxygens (including phenoxy) is 4. The van der Waals surface area contributed by atoms with Gasteiger partial charge in [0, 0.05) is 25.8 Å². The van der Waals surface area contributed by atoms with Gasteiger partial charge in [-0.05, 0) is 6.42 Å². The van der Waals surface area contributed by atoms with Crippen molar-refractivity contribution in [2.24, 2.45) is 0 Å². The molecular formula is C26H51N6O15+3. The largest absolute Gasteiger partial charge is 0.544 e. The van der Waals surface area contributed by atoms with Gasteiger partial charge >= 0.3 is 0 Å². The first kappa shape index (κ1) is 39.3. The Morgan fingerprint density at radius 1 is 0.894 bits per heavy atom. The number of hydrogen-bond donors (Lipinski definition) is 13. The molecule has 2 heterocycles. The van der Waals surface area contributed by atoms with Crippen molar-refractivity contribution in [1.82, 2.24) is 10.6 Å². The van der Waals surface area contributed by atoms with Gasteiger partial charge in [0.25, 0.3) is 0 Å². The number of aliphatic hydroxyl groups excluding tert-OH is 7. The van der Waals surface area contributed by atoms with Crippen LogP contribution in [-0.4, -0.2) is 171 Å². The topological polar surface area (TPSA) is 387 Å². The van der Waals surface area contributed by atoms with Gasteiger partial charge in [0.15, 0.2) is 12.3 Å². The van der Waals surface area contributed by atoms with Gasteiger partial charge in [0.2, 0.25) is 18.1 Å². The van der Waals surface area contributed by atoms with E-state index >= 15 is 0 Å². The molecule has 2 aliphatic heterocycles. The fourth-order valence-electron chi connectivity index (χ4n) is 5.70. The monoisotopic (exact) mass is 687 g/mol. The molecule has 0 aromatic heterocycles. The highest BCUT2D eigenvalue weighted by atomic mass is 16.7. The Balaban J connectivity index is 1.69. The number of aliphatic carboxylic acids is 1. The average Bonchev–Trinajstić information content (AvgIpc) is 3.31. The lowest BCUT2D eigenvalue weighted by molar-refractivity contribution is -0.525. The third-order valence-corrected chi connectivity index (χ3v) is 8.71. The van der Waals surface area contributed by atoms with E-state index in [1.54, 1.807) is 0 Å². The Morgan fingerprint density at radius 2 is 1.51 bits per heavy atom. The summed E-state index contributed by atoms with van der Waals surface area (Å²) in [5.41, 5.74) is 14.9. The predicted molar refractivity (Wildman–Crippen MR) is 146 cm³/mol. The van der Waals surface area contributed by atoms with Crippen LogP contribution >= 0.6 is 0 Å². The Labute approximate surface area is 269 Å². The molecule has 0 unspecified atom stereocenters.